The zero-order valence-electron chi connectivity index (χ0n) is 19.2. The Morgan fingerprint density at radius 1 is 1.15 bits per heavy atom. The summed E-state index contributed by atoms with van der Waals surface area (Å²) in [4.78, 5) is 21.6. The Balaban J connectivity index is 1.34. The van der Waals surface area contributed by atoms with E-state index in [-0.39, 0.29) is 5.91 Å². The highest BCUT2D eigenvalue weighted by molar-refractivity contribution is 7.16. The minimum Gasteiger partial charge on any atom is -0.440 e. The number of nitrogens with zero attached hydrogens (tertiary/aromatic N) is 2. The molecule has 33 heavy (non-hydrogen) atoms. The summed E-state index contributed by atoms with van der Waals surface area (Å²) in [6.07, 6.45) is 8.46. The summed E-state index contributed by atoms with van der Waals surface area (Å²) in [5, 5.41) is 3.89. The monoisotopic (exact) mass is 461 g/mol. The second-order valence-corrected chi connectivity index (χ2v) is 10.2. The molecule has 1 aliphatic heterocycles. The number of aliphatic imine (C=N–C) groups is 1. The fourth-order valence-corrected chi connectivity index (χ4v) is 5.91. The SMILES string of the molecule is CC1CCN(c2ccc(C=Nc3sc4c(c3C(=O)NCc3ccccc3)CCCC4)o2)CC1. The van der Waals surface area contributed by atoms with E-state index in [1.54, 1.807) is 17.6 Å². The Labute approximate surface area is 199 Å². The molecule has 1 amide bonds. The van der Waals surface area contributed by atoms with Gasteiger partial charge in [0, 0.05) is 30.6 Å². The van der Waals surface area contributed by atoms with Crippen LogP contribution in [0.15, 0.2) is 51.9 Å². The summed E-state index contributed by atoms with van der Waals surface area (Å²) in [7, 11) is 0. The lowest BCUT2D eigenvalue weighted by Crippen LogP contribution is -2.32. The van der Waals surface area contributed by atoms with Crippen molar-refractivity contribution in [3.8, 4) is 0 Å². The van der Waals surface area contributed by atoms with Crippen molar-refractivity contribution in [3.63, 3.8) is 0 Å². The summed E-state index contributed by atoms with van der Waals surface area (Å²) in [6.45, 7) is 4.90. The molecule has 2 aliphatic rings. The van der Waals surface area contributed by atoms with Crippen molar-refractivity contribution >= 4 is 34.3 Å². The summed E-state index contributed by atoms with van der Waals surface area (Å²) < 4.78 is 6.07. The third-order valence-electron chi connectivity index (χ3n) is 6.69. The van der Waals surface area contributed by atoms with Gasteiger partial charge in [-0.15, -0.1) is 11.3 Å². The highest BCUT2D eigenvalue weighted by Crippen LogP contribution is 2.40. The first kappa shape index (κ1) is 22.0. The molecule has 1 N–H and O–H groups in total. The van der Waals surface area contributed by atoms with Crippen LogP contribution in [0.5, 0.6) is 0 Å². The van der Waals surface area contributed by atoms with Crippen molar-refractivity contribution in [2.45, 2.75) is 52.0 Å². The predicted molar refractivity (Wildman–Crippen MR) is 135 cm³/mol. The number of carbonyl (C=O) groups is 1. The van der Waals surface area contributed by atoms with Crippen molar-refractivity contribution in [3.05, 3.63) is 69.8 Å². The van der Waals surface area contributed by atoms with E-state index in [4.69, 9.17) is 9.41 Å². The third-order valence-corrected chi connectivity index (χ3v) is 7.89. The van der Waals surface area contributed by atoms with Gasteiger partial charge >= 0.3 is 0 Å². The highest BCUT2D eigenvalue weighted by Gasteiger charge is 2.25. The number of anilines is 1. The van der Waals surface area contributed by atoms with E-state index in [9.17, 15) is 4.79 Å². The number of aryl methyl sites for hydroxylation is 1. The number of furan rings is 1. The maximum Gasteiger partial charge on any atom is 0.254 e. The topological polar surface area (TPSA) is 57.8 Å². The van der Waals surface area contributed by atoms with Crippen LogP contribution in [0.1, 0.15) is 64.7 Å². The molecule has 1 fully saturated rings. The Bertz CT molecular complexity index is 1120. The van der Waals surface area contributed by atoms with Gasteiger partial charge in [0.05, 0.1) is 11.8 Å². The number of hydrogen-bond acceptors (Lipinski definition) is 5. The zero-order chi connectivity index (χ0) is 22.6. The van der Waals surface area contributed by atoms with Crippen LogP contribution >= 0.6 is 11.3 Å². The lowest BCUT2D eigenvalue weighted by atomic mass is 9.95. The highest BCUT2D eigenvalue weighted by atomic mass is 32.1. The van der Waals surface area contributed by atoms with Gasteiger partial charge in [-0.3, -0.25) is 4.79 Å². The maximum absolute atomic E-state index is 13.2. The lowest BCUT2D eigenvalue weighted by molar-refractivity contribution is 0.0951. The average Bonchev–Trinajstić information content (AvgIpc) is 3.47. The van der Waals surface area contributed by atoms with Crippen LogP contribution in [0.4, 0.5) is 10.9 Å². The number of nitrogens with one attached hydrogen (secondary N) is 1. The number of hydrogen-bond donors (Lipinski definition) is 1. The van der Waals surface area contributed by atoms with Crippen molar-refractivity contribution in [1.29, 1.82) is 0 Å². The van der Waals surface area contributed by atoms with Gasteiger partial charge in [0.25, 0.3) is 5.91 Å². The summed E-state index contributed by atoms with van der Waals surface area (Å²) in [5.74, 6) is 2.39. The van der Waals surface area contributed by atoms with Gasteiger partial charge in [-0.2, -0.15) is 0 Å². The molecular weight excluding hydrogens is 430 g/mol. The van der Waals surface area contributed by atoms with E-state index in [1.807, 2.05) is 42.5 Å². The molecule has 0 bridgehead atoms. The van der Waals surface area contributed by atoms with Crippen LogP contribution in [-0.2, 0) is 19.4 Å². The second-order valence-electron chi connectivity index (χ2n) is 9.16. The first-order valence-corrected chi connectivity index (χ1v) is 12.8. The average molecular weight is 462 g/mol. The van der Waals surface area contributed by atoms with E-state index in [0.717, 1.165) is 66.0 Å². The van der Waals surface area contributed by atoms with Gasteiger partial charge in [0.2, 0.25) is 0 Å². The van der Waals surface area contributed by atoms with E-state index >= 15 is 0 Å². The normalized spacial score (nSPS) is 16.8. The Hall–Kier alpha value is -2.86. The lowest BCUT2D eigenvalue weighted by Gasteiger charge is -2.29. The molecule has 5 rings (SSSR count). The van der Waals surface area contributed by atoms with Crippen LogP contribution in [0.25, 0.3) is 0 Å². The summed E-state index contributed by atoms with van der Waals surface area (Å²) >= 11 is 1.66. The van der Waals surface area contributed by atoms with Crippen molar-refractivity contribution < 1.29 is 9.21 Å². The fourth-order valence-electron chi connectivity index (χ4n) is 4.68. The van der Waals surface area contributed by atoms with Gasteiger partial charge in [0.15, 0.2) is 5.88 Å². The largest absolute Gasteiger partial charge is 0.440 e. The molecule has 2 aromatic heterocycles. The van der Waals surface area contributed by atoms with Crippen molar-refractivity contribution in [2.75, 3.05) is 18.0 Å². The minimum atomic E-state index is -0.0343. The molecule has 1 aromatic carbocycles. The first-order valence-electron chi connectivity index (χ1n) is 12.0. The molecule has 0 unspecified atom stereocenters. The molecule has 0 atom stereocenters. The molecule has 0 radical (unpaired) electrons. The minimum absolute atomic E-state index is 0.0343. The van der Waals surface area contributed by atoms with Crippen molar-refractivity contribution in [1.82, 2.24) is 5.32 Å². The number of piperidine rings is 1. The Morgan fingerprint density at radius 3 is 2.76 bits per heavy atom. The van der Waals surface area contributed by atoms with E-state index in [1.165, 1.54) is 29.7 Å². The van der Waals surface area contributed by atoms with Gasteiger partial charge in [-0.05, 0) is 61.6 Å². The number of thiophene rings is 1. The van der Waals surface area contributed by atoms with E-state index < -0.39 is 0 Å². The van der Waals surface area contributed by atoms with E-state index in [2.05, 4.69) is 17.1 Å². The Kier molecular flexibility index (Phi) is 6.63. The molecule has 1 saturated heterocycles. The van der Waals surface area contributed by atoms with Crippen LogP contribution < -0.4 is 10.2 Å². The summed E-state index contributed by atoms with van der Waals surface area (Å²) in [5.41, 5.74) is 3.03. The quantitative estimate of drug-likeness (QED) is 0.449. The molecule has 5 nitrogen and oxygen atoms in total. The van der Waals surface area contributed by atoms with Crippen LogP contribution in [0.3, 0.4) is 0 Å². The van der Waals surface area contributed by atoms with Crippen LogP contribution in [0.2, 0.25) is 0 Å². The maximum atomic E-state index is 13.2. The standard InChI is InChI=1S/C27H31N3O2S/c1-19-13-15-30(16-14-19)24-12-11-21(32-24)18-29-27-25(22-9-5-6-10-23(22)33-27)26(31)28-17-20-7-3-2-4-8-20/h2-4,7-8,11-12,18-19H,5-6,9-10,13-17H2,1H3,(H,28,31). The van der Waals surface area contributed by atoms with Gasteiger partial charge in [-0.1, -0.05) is 37.3 Å². The van der Waals surface area contributed by atoms with Crippen molar-refractivity contribution in [2.24, 2.45) is 10.9 Å². The molecular formula is C27H31N3O2S. The third kappa shape index (κ3) is 5.06. The fraction of sp³-hybridized carbons (Fsp3) is 0.407. The summed E-state index contributed by atoms with van der Waals surface area (Å²) in [6, 6.07) is 14.0. The molecule has 3 aromatic rings. The smallest absolute Gasteiger partial charge is 0.254 e. The van der Waals surface area contributed by atoms with Crippen LogP contribution in [-0.4, -0.2) is 25.2 Å². The number of rotatable bonds is 6. The first-order chi connectivity index (χ1) is 16.2. The second kappa shape index (κ2) is 9.96. The molecule has 172 valence electrons. The number of benzene rings is 1. The van der Waals surface area contributed by atoms with Gasteiger partial charge in [-0.25, -0.2) is 4.99 Å². The molecule has 3 heterocycles. The number of fused-ring (bicyclic) bond motifs is 1. The zero-order valence-corrected chi connectivity index (χ0v) is 20.0. The van der Waals surface area contributed by atoms with E-state index in [0.29, 0.717) is 6.54 Å². The van der Waals surface area contributed by atoms with Gasteiger partial charge in [0.1, 0.15) is 10.8 Å². The molecule has 6 heteroatoms. The molecule has 1 aliphatic carbocycles. The number of carbonyl (C=O) groups excluding carboxylic acids is 1. The van der Waals surface area contributed by atoms with Gasteiger partial charge < -0.3 is 14.6 Å². The molecule has 0 saturated carbocycles. The predicted octanol–water partition coefficient (Wildman–Crippen LogP) is 6.14. The number of amides is 1. The Morgan fingerprint density at radius 2 is 1.94 bits per heavy atom. The van der Waals surface area contributed by atoms with Crippen LogP contribution in [0, 0.1) is 5.92 Å². The molecule has 0 spiro atoms.